The fraction of sp³-hybridized carbons (Fsp3) is 1.00. The molecule has 17 heavy (non-hydrogen) atoms. The number of epoxide rings is 1. The van der Waals surface area contributed by atoms with E-state index in [1.54, 1.807) is 0 Å². The highest BCUT2D eigenvalue weighted by molar-refractivity contribution is 4.91. The molecule has 98 valence electrons. The minimum Gasteiger partial charge on any atom is -0.393 e. The second-order valence-electron chi connectivity index (χ2n) is 6.50. The maximum Gasteiger partial charge on any atom is 0.0844 e. The lowest BCUT2D eigenvalue weighted by atomic mass is 9.81. The smallest absolute Gasteiger partial charge is 0.0844 e. The normalized spacial score (nSPS) is 45.4. The molecule has 3 unspecified atom stereocenters. The van der Waals surface area contributed by atoms with Crippen molar-refractivity contribution in [3.05, 3.63) is 0 Å². The van der Waals surface area contributed by atoms with Crippen molar-refractivity contribution in [1.29, 1.82) is 0 Å². The van der Waals surface area contributed by atoms with Gasteiger partial charge in [0.2, 0.25) is 0 Å². The fourth-order valence-corrected chi connectivity index (χ4v) is 3.88. The van der Waals surface area contributed by atoms with E-state index >= 15 is 0 Å². The Kier molecular flexibility index (Phi) is 3.72. The van der Waals surface area contributed by atoms with Gasteiger partial charge in [0.1, 0.15) is 0 Å². The van der Waals surface area contributed by atoms with Crippen molar-refractivity contribution in [2.24, 2.45) is 11.8 Å². The average Bonchev–Trinajstić information content (AvgIpc) is 3.10. The monoisotopic (exact) mass is 238 g/mol. The lowest BCUT2D eigenvalue weighted by Crippen LogP contribution is -2.18. The molecule has 3 rings (SSSR count). The molecule has 3 fully saturated rings. The first-order chi connectivity index (χ1) is 8.31. The Bertz CT molecular complexity index is 245. The van der Waals surface area contributed by atoms with E-state index in [-0.39, 0.29) is 6.10 Å². The van der Waals surface area contributed by atoms with Crippen molar-refractivity contribution in [3.63, 3.8) is 0 Å². The molecule has 3 aliphatic rings. The van der Waals surface area contributed by atoms with E-state index in [2.05, 4.69) is 0 Å². The zero-order valence-electron chi connectivity index (χ0n) is 10.8. The van der Waals surface area contributed by atoms with Crippen LogP contribution in [0.25, 0.3) is 0 Å². The Morgan fingerprint density at radius 2 is 1.53 bits per heavy atom. The summed E-state index contributed by atoms with van der Waals surface area (Å²) in [6.45, 7) is 0. The van der Waals surface area contributed by atoms with Gasteiger partial charge in [-0.2, -0.15) is 0 Å². The number of rotatable bonds is 4. The Balaban J connectivity index is 1.29. The summed E-state index contributed by atoms with van der Waals surface area (Å²) < 4.78 is 5.59. The number of aliphatic hydroxyl groups is 1. The molecule has 0 amide bonds. The third-order valence-corrected chi connectivity index (χ3v) is 5.15. The number of fused-ring (bicyclic) bond motifs is 1. The van der Waals surface area contributed by atoms with Crippen molar-refractivity contribution in [2.75, 3.05) is 0 Å². The van der Waals surface area contributed by atoms with Gasteiger partial charge in [0, 0.05) is 0 Å². The lowest BCUT2D eigenvalue weighted by Gasteiger charge is -2.26. The molecular formula is C15H26O2. The van der Waals surface area contributed by atoms with Gasteiger partial charge >= 0.3 is 0 Å². The summed E-state index contributed by atoms with van der Waals surface area (Å²) in [5, 5.41) is 9.48. The van der Waals surface area contributed by atoms with Crippen LogP contribution in [0.4, 0.5) is 0 Å². The molecule has 0 aromatic heterocycles. The van der Waals surface area contributed by atoms with Crippen LogP contribution in [0.3, 0.4) is 0 Å². The first kappa shape index (κ1) is 12.0. The standard InChI is InChI=1S/C15H26O2/c16-13-7-4-11(5-8-13)2-1-3-12-6-9-14-15(10-12)17-14/h11-16H,1-10H2. The second kappa shape index (κ2) is 5.27. The molecule has 0 spiro atoms. The van der Waals surface area contributed by atoms with Crippen LogP contribution < -0.4 is 0 Å². The number of aliphatic hydroxyl groups excluding tert-OH is 1. The predicted molar refractivity (Wildman–Crippen MR) is 67.8 cm³/mol. The average molecular weight is 238 g/mol. The van der Waals surface area contributed by atoms with Gasteiger partial charge in [-0.25, -0.2) is 0 Å². The van der Waals surface area contributed by atoms with Gasteiger partial charge in [0.25, 0.3) is 0 Å². The van der Waals surface area contributed by atoms with Crippen molar-refractivity contribution in [2.45, 2.75) is 82.5 Å². The summed E-state index contributed by atoms with van der Waals surface area (Å²) in [6, 6.07) is 0. The Morgan fingerprint density at radius 1 is 0.824 bits per heavy atom. The highest BCUT2D eigenvalue weighted by Gasteiger charge is 2.43. The van der Waals surface area contributed by atoms with E-state index < -0.39 is 0 Å². The maximum atomic E-state index is 9.48. The Morgan fingerprint density at radius 3 is 2.29 bits per heavy atom. The third-order valence-electron chi connectivity index (χ3n) is 5.15. The van der Waals surface area contributed by atoms with Crippen LogP contribution in [0.5, 0.6) is 0 Å². The van der Waals surface area contributed by atoms with Crippen LogP contribution in [-0.4, -0.2) is 23.4 Å². The molecule has 0 bridgehead atoms. The highest BCUT2D eigenvalue weighted by atomic mass is 16.6. The van der Waals surface area contributed by atoms with E-state index in [0.29, 0.717) is 12.2 Å². The van der Waals surface area contributed by atoms with Gasteiger partial charge in [-0.15, -0.1) is 0 Å². The van der Waals surface area contributed by atoms with E-state index in [1.807, 2.05) is 0 Å². The van der Waals surface area contributed by atoms with Crippen molar-refractivity contribution >= 4 is 0 Å². The first-order valence-electron chi connectivity index (χ1n) is 7.65. The maximum absolute atomic E-state index is 9.48. The molecule has 2 saturated carbocycles. The van der Waals surface area contributed by atoms with E-state index in [9.17, 15) is 5.11 Å². The summed E-state index contributed by atoms with van der Waals surface area (Å²) in [4.78, 5) is 0. The number of ether oxygens (including phenoxy) is 1. The molecule has 2 aliphatic carbocycles. The molecule has 0 aromatic carbocycles. The summed E-state index contributed by atoms with van der Waals surface area (Å²) in [7, 11) is 0. The van der Waals surface area contributed by atoms with Gasteiger partial charge in [-0.3, -0.25) is 0 Å². The summed E-state index contributed by atoms with van der Waals surface area (Å²) >= 11 is 0. The Labute approximate surface area is 105 Å². The fourth-order valence-electron chi connectivity index (χ4n) is 3.88. The zero-order chi connectivity index (χ0) is 11.7. The molecule has 0 aromatic rings. The van der Waals surface area contributed by atoms with Crippen molar-refractivity contribution in [3.8, 4) is 0 Å². The topological polar surface area (TPSA) is 32.8 Å². The number of hydrogen-bond acceptors (Lipinski definition) is 2. The van der Waals surface area contributed by atoms with Crippen LogP contribution in [0.1, 0.15) is 64.2 Å². The van der Waals surface area contributed by atoms with Gasteiger partial charge in [0.15, 0.2) is 0 Å². The second-order valence-corrected chi connectivity index (χ2v) is 6.50. The van der Waals surface area contributed by atoms with Crippen LogP contribution >= 0.6 is 0 Å². The SMILES string of the molecule is OC1CCC(CCCC2CCC3OC3C2)CC1. The molecule has 2 heteroatoms. The Hall–Kier alpha value is -0.0800. The molecule has 1 saturated heterocycles. The van der Waals surface area contributed by atoms with Gasteiger partial charge in [-0.1, -0.05) is 19.3 Å². The first-order valence-corrected chi connectivity index (χ1v) is 7.65. The lowest BCUT2D eigenvalue weighted by molar-refractivity contribution is 0.105. The molecule has 0 radical (unpaired) electrons. The minimum absolute atomic E-state index is 0.00791. The van der Waals surface area contributed by atoms with Crippen LogP contribution in [0, 0.1) is 11.8 Å². The summed E-state index contributed by atoms with van der Waals surface area (Å²) in [5.41, 5.74) is 0. The molecule has 3 atom stereocenters. The summed E-state index contributed by atoms with van der Waals surface area (Å²) in [5.74, 6) is 1.86. The van der Waals surface area contributed by atoms with Crippen LogP contribution in [0.15, 0.2) is 0 Å². The minimum atomic E-state index is 0.00791. The molecule has 1 aliphatic heterocycles. The van der Waals surface area contributed by atoms with Gasteiger partial charge in [-0.05, 0) is 56.8 Å². The molecule has 2 nitrogen and oxygen atoms in total. The molecular weight excluding hydrogens is 212 g/mol. The quantitative estimate of drug-likeness (QED) is 0.762. The third kappa shape index (κ3) is 3.23. The highest BCUT2D eigenvalue weighted by Crippen LogP contribution is 2.41. The zero-order valence-corrected chi connectivity index (χ0v) is 10.8. The van der Waals surface area contributed by atoms with Gasteiger partial charge in [0.05, 0.1) is 18.3 Å². The van der Waals surface area contributed by atoms with E-state index in [1.165, 1.54) is 51.4 Å². The predicted octanol–water partition coefficient (Wildman–Crippen LogP) is 3.28. The van der Waals surface area contributed by atoms with Crippen molar-refractivity contribution in [1.82, 2.24) is 0 Å². The number of hydrogen-bond donors (Lipinski definition) is 1. The van der Waals surface area contributed by atoms with E-state index in [0.717, 1.165) is 24.7 Å². The van der Waals surface area contributed by atoms with Crippen LogP contribution in [0.2, 0.25) is 0 Å². The summed E-state index contributed by atoms with van der Waals surface area (Å²) in [6.07, 6.45) is 14.2. The largest absolute Gasteiger partial charge is 0.393 e. The van der Waals surface area contributed by atoms with Gasteiger partial charge < -0.3 is 9.84 Å². The van der Waals surface area contributed by atoms with E-state index in [4.69, 9.17) is 4.74 Å². The molecule has 1 N–H and O–H groups in total. The molecule has 1 heterocycles. The van der Waals surface area contributed by atoms with Crippen molar-refractivity contribution < 1.29 is 9.84 Å². The van der Waals surface area contributed by atoms with Crippen LogP contribution in [-0.2, 0) is 4.74 Å².